The van der Waals surface area contributed by atoms with Crippen LogP contribution < -0.4 is 5.56 Å². The number of benzene rings is 1. The summed E-state index contributed by atoms with van der Waals surface area (Å²) in [7, 11) is 0. The zero-order valence-electron chi connectivity index (χ0n) is 16.8. The number of hydrogen-bond acceptors (Lipinski definition) is 7. The summed E-state index contributed by atoms with van der Waals surface area (Å²) in [6.45, 7) is 3.14. The van der Waals surface area contributed by atoms with E-state index < -0.39 is 0 Å². The number of halogens is 1. The molecule has 0 amide bonds. The smallest absolute Gasteiger partial charge is 0.262 e. The molecule has 5 rings (SSSR count). The molecule has 4 heterocycles. The SMILES string of the molecule is Cc1oc(-c2cccs2)nc1CSc1nc2cc(Cl)ccc2c(=O)n1CC1CCCO1. The number of fused-ring (bicyclic) bond motifs is 1. The van der Waals surface area contributed by atoms with Crippen molar-refractivity contribution in [3.05, 3.63) is 62.5 Å². The van der Waals surface area contributed by atoms with Crippen molar-refractivity contribution in [1.82, 2.24) is 14.5 Å². The first kappa shape index (κ1) is 20.8. The highest BCUT2D eigenvalue weighted by molar-refractivity contribution is 7.98. The van der Waals surface area contributed by atoms with Gasteiger partial charge in [0.15, 0.2) is 5.16 Å². The Balaban J connectivity index is 1.48. The molecule has 0 bridgehead atoms. The van der Waals surface area contributed by atoms with E-state index in [2.05, 4.69) is 4.98 Å². The fourth-order valence-electron chi connectivity index (χ4n) is 3.64. The molecule has 1 unspecified atom stereocenters. The summed E-state index contributed by atoms with van der Waals surface area (Å²) in [6.07, 6.45) is 1.99. The maximum absolute atomic E-state index is 13.3. The van der Waals surface area contributed by atoms with Gasteiger partial charge in [0.2, 0.25) is 5.89 Å². The molecule has 6 nitrogen and oxygen atoms in total. The molecule has 1 atom stereocenters. The Kier molecular flexibility index (Phi) is 5.88. The van der Waals surface area contributed by atoms with Gasteiger partial charge in [0.25, 0.3) is 5.56 Å². The van der Waals surface area contributed by atoms with Crippen LogP contribution in [0.1, 0.15) is 24.3 Å². The van der Waals surface area contributed by atoms with Crippen LogP contribution in [-0.4, -0.2) is 27.2 Å². The fourth-order valence-corrected chi connectivity index (χ4v) is 5.46. The molecule has 0 saturated carbocycles. The lowest BCUT2D eigenvalue weighted by Gasteiger charge is -2.16. The Bertz CT molecular complexity index is 1280. The van der Waals surface area contributed by atoms with Crippen LogP contribution in [0.2, 0.25) is 5.02 Å². The maximum Gasteiger partial charge on any atom is 0.262 e. The molecule has 1 fully saturated rings. The van der Waals surface area contributed by atoms with Gasteiger partial charge in [-0.05, 0) is 49.4 Å². The first-order valence-corrected chi connectivity index (χ1v) is 12.3. The molecular formula is C22H20ClN3O3S2. The fraction of sp³-hybridized carbons (Fsp3) is 0.318. The van der Waals surface area contributed by atoms with Crippen LogP contribution >= 0.6 is 34.7 Å². The highest BCUT2D eigenvalue weighted by Crippen LogP contribution is 2.30. The van der Waals surface area contributed by atoms with Crippen molar-refractivity contribution in [2.75, 3.05) is 6.61 Å². The average molecular weight is 474 g/mol. The zero-order valence-corrected chi connectivity index (χ0v) is 19.2. The van der Waals surface area contributed by atoms with Gasteiger partial charge in [0.05, 0.1) is 34.1 Å². The Morgan fingerprint density at radius 3 is 3.00 bits per heavy atom. The summed E-state index contributed by atoms with van der Waals surface area (Å²) in [4.78, 5) is 23.7. The Hall–Kier alpha value is -2.13. The summed E-state index contributed by atoms with van der Waals surface area (Å²) in [6, 6.07) is 9.15. The summed E-state index contributed by atoms with van der Waals surface area (Å²) >= 11 is 9.22. The van der Waals surface area contributed by atoms with Gasteiger partial charge in [0, 0.05) is 17.4 Å². The molecule has 1 aromatic carbocycles. The number of oxazole rings is 1. The van der Waals surface area contributed by atoms with Gasteiger partial charge in [-0.2, -0.15) is 0 Å². The summed E-state index contributed by atoms with van der Waals surface area (Å²) < 4.78 is 13.4. The van der Waals surface area contributed by atoms with E-state index in [-0.39, 0.29) is 11.7 Å². The van der Waals surface area contributed by atoms with Crippen molar-refractivity contribution in [3.63, 3.8) is 0 Å². The number of thiophene rings is 1. The molecule has 4 aromatic rings. The van der Waals surface area contributed by atoms with Crippen molar-refractivity contribution in [3.8, 4) is 10.8 Å². The second kappa shape index (κ2) is 8.78. The third kappa shape index (κ3) is 4.30. The molecular weight excluding hydrogens is 454 g/mol. The Labute approximate surface area is 192 Å². The molecule has 0 radical (unpaired) electrons. The van der Waals surface area contributed by atoms with E-state index in [9.17, 15) is 4.79 Å². The van der Waals surface area contributed by atoms with Crippen molar-refractivity contribution < 1.29 is 9.15 Å². The highest BCUT2D eigenvalue weighted by atomic mass is 35.5. The number of nitrogens with zero attached hydrogens (tertiary/aromatic N) is 3. The number of aryl methyl sites for hydroxylation is 1. The van der Waals surface area contributed by atoms with Crippen LogP contribution in [0.25, 0.3) is 21.7 Å². The van der Waals surface area contributed by atoms with Gasteiger partial charge < -0.3 is 9.15 Å². The zero-order chi connectivity index (χ0) is 21.4. The molecule has 3 aromatic heterocycles. The lowest BCUT2D eigenvalue weighted by Crippen LogP contribution is -2.28. The Morgan fingerprint density at radius 1 is 1.32 bits per heavy atom. The van der Waals surface area contributed by atoms with Crippen LogP contribution in [0, 0.1) is 6.92 Å². The molecule has 1 aliphatic heterocycles. The molecule has 31 heavy (non-hydrogen) atoms. The van der Waals surface area contributed by atoms with E-state index >= 15 is 0 Å². The van der Waals surface area contributed by atoms with Crippen molar-refractivity contribution >= 4 is 45.6 Å². The standard InChI is InChI=1S/C22H20ClN3O3S2/c1-13-18(24-20(29-13)19-5-3-9-30-19)12-31-22-25-17-10-14(23)6-7-16(17)21(27)26(22)11-15-4-2-8-28-15/h3,5-7,9-10,15H,2,4,8,11-12H2,1H3. The molecule has 1 saturated heterocycles. The summed E-state index contributed by atoms with van der Waals surface area (Å²) in [5.41, 5.74) is 1.37. The van der Waals surface area contributed by atoms with Gasteiger partial charge in [-0.3, -0.25) is 9.36 Å². The minimum Gasteiger partial charge on any atom is -0.440 e. The van der Waals surface area contributed by atoms with Gasteiger partial charge in [-0.15, -0.1) is 11.3 Å². The van der Waals surface area contributed by atoms with Crippen molar-refractivity contribution in [1.29, 1.82) is 0 Å². The van der Waals surface area contributed by atoms with Crippen LogP contribution in [0.5, 0.6) is 0 Å². The lowest BCUT2D eigenvalue weighted by atomic mass is 10.2. The van der Waals surface area contributed by atoms with Crippen molar-refractivity contribution in [2.45, 2.75) is 43.3 Å². The molecule has 9 heteroatoms. The second-order valence-electron chi connectivity index (χ2n) is 7.39. The lowest BCUT2D eigenvalue weighted by molar-refractivity contribution is 0.0937. The maximum atomic E-state index is 13.3. The number of hydrogen-bond donors (Lipinski definition) is 0. The van der Waals surface area contributed by atoms with Gasteiger partial charge in [0.1, 0.15) is 5.76 Å². The van der Waals surface area contributed by atoms with E-state index in [1.165, 1.54) is 11.8 Å². The van der Waals surface area contributed by atoms with Crippen LogP contribution in [0.4, 0.5) is 0 Å². The average Bonchev–Trinajstić information content (AvgIpc) is 3.51. The van der Waals surface area contributed by atoms with Gasteiger partial charge >= 0.3 is 0 Å². The first-order chi connectivity index (χ1) is 15.1. The number of ether oxygens (including phenoxy) is 1. The van der Waals surface area contributed by atoms with Crippen LogP contribution in [-0.2, 0) is 17.0 Å². The summed E-state index contributed by atoms with van der Waals surface area (Å²) in [5.74, 6) is 1.94. The monoisotopic (exact) mass is 473 g/mol. The topological polar surface area (TPSA) is 70.2 Å². The third-order valence-electron chi connectivity index (χ3n) is 5.26. The normalized spacial score (nSPS) is 16.4. The van der Waals surface area contributed by atoms with E-state index in [1.54, 1.807) is 34.1 Å². The molecule has 1 aliphatic rings. The van der Waals surface area contributed by atoms with E-state index in [0.717, 1.165) is 35.8 Å². The molecule has 0 N–H and O–H groups in total. The molecule has 0 aliphatic carbocycles. The quantitative estimate of drug-likeness (QED) is 0.270. The Morgan fingerprint density at radius 2 is 2.23 bits per heavy atom. The molecule has 0 spiro atoms. The predicted octanol–water partition coefficient (Wildman–Crippen LogP) is 5.55. The minimum absolute atomic E-state index is 0.0304. The number of rotatable bonds is 6. The van der Waals surface area contributed by atoms with E-state index in [0.29, 0.717) is 39.3 Å². The van der Waals surface area contributed by atoms with Crippen molar-refractivity contribution in [2.24, 2.45) is 0 Å². The summed E-state index contributed by atoms with van der Waals surface area (Å²) in [5, 5.41) is 3.75. The minimum atomic E-state index is -0.0733. The highest BCUT2D eigenvalue weighted by Gasteiger charge is 2.21. The van der Waals surface area contributed by atoms with Crippen LogP contribution in [0.3, 0.4) is 0 Å². The first-order valence-electron chi connectivity index (χ1n) is 10.0. The largest absolute Gasteiger partial charge is 0.440 e. The third-order valence-corrected chi connectivity index (χ3v) is 7.34. The number of thioether (sulfide) groups is 1. The predicted molar refractivity (Wildman–Crippen MR) is 124 cm³/mol. The van der Waals surface area contributed by atoms with Crippen LogP contribution in [0.15, 0.2) is 50.1 Å². The van der Waals surface area contributed by atoms with E-state index in [4.69, 9.17) is 25.7 Å². The molecule has 160 valence electrons. The van der Waals surface area contributed by atoms with E-state index in [1.807, 2.05) is 24.4 Å². The number of aromatic nitrogens is 3. The van der Waals surface area contributed by atoms with Gasteiger partial charge in [-0.1, -0.05) is 29.4 Å². The van der Waals surface area contributed by atoms with Gasteiger partial charge in [-0.25, -0.2) is 9.97 Å². The second-order valence-corrected chi connectivity index (χ2v) is 9.72.